The highest BCUT2D eigenvalue weighted by molar-refractivity contribution is 6.31. The first-order chi connectivity index (χ1) is 14.4. The Morgan fingerprint density at radius 3 is 2.73 bits per heavy atom. The van der Waals surface area contributed by atoms with Crippen LogP contribution in [0.4, 0.5) is 11.5 Å². The molecule has 0 aliphatic carbocycles. The van der Waals surface area contributed by atoms with E-state index in [0.717, 1.165) is 16.7 Å². The molecule has 0 aliphatic heterocycles. The topological polar surface area (TPSA) is 125 Å². The van der Waals surface area contributed by atoms with Crippen molar-refractivity contribution in [2.45, 2.75) is 20.4 Å². The number of carbonyl (C=O) groups excluding carboxylic acids is 1. The summed E-state index contributed by atoms with van der Waals surface area (Å²) in [5.41, 5.74) is 9.64. The summed E-state index contributed by atoms with van der Waals surface area (Å²) in [6, 6.07) is 13.0. The minimum atomic E-state index is -0.325. The molecule has 10 heteroatoms. The van der Waals surface area contributed by atoms with Gasteiger partial charge in [-0.2, -0.15) is 4.98 Å². The Labute approximate surface area is 176 Å². The number of amides is 1. The summed E-state index contributed by atoms with van der Waals surface area (Å²) in [7, 11) is 0. The van der Waals surface area contributed by atoms with Crippen molar-refractivity contribution in [2.75, 3.05) is 11.1 Å². The van der Waals surface area contributed by atoms with Crippen molar-refractivity contribution in [3.63, 3.8) is 0 Å². The first-order valence-corrected chi connectivity index (χ1v) is 9.45. The van der Waals surface area contributed by atoms with Gasteiger partial charge in [-0.1, -0.05) is 57.9 Å². The fraction of sp³-hybridized carbons (Fsp3) is 0.150. The third-order valence-electron chi connectivity index (χ3n) is 4.55. The van der Waals surface area contributed by atoms with E-state index in [2.05, 4.69) is 25.8 Å². The lowest BCUT2D eigenvalue weighted by Gasteiger charge is -2.09. The number of nitrogens with one attached hydrogen (secondary N) is 1. The smallest absolute Gasteiger partial charge is 0.282 e. The van der Waals surface area contributed by atoms with Gasteiger partial charge in [0.25, 0.3) is 5.89 Å². The van der Waals surface area contributed by atoms with Crippen LogP contribution >= 0.6 is 11.6 Å². The van der Waals surface area contributed by atoms with Gasteiger partial charge in [0.05, 0.1) is 0 Å². The predicted octanol–water partition coefficient (Wildman–Crippen LogP) is 3.49. The van der Waals surface area contributed by atoms with Crippen molar-refractivity contribution in [3.05, 3.63) is 58.6 Å². The predicted molar refractivity (Wildman–Crippen MR) is 113 cm³/mol. The maximum atomic E-state index is 12.4. The second-order valence-electron chi connectivity index (χ2n) is 6.73. The highest BCUT2D eigenvalue weighted by Gasteiger charge is 2.20. The normalized spacial score (nSPS) is 10.9. The van der Waals surface area contributed by atoms with Crippen LogP contribution in [-0.4, -0.2) is 31.0 Å². The number of benzene rings is 2. The molecule has 3 N–H and O–H groups in total. The van der Waals surface area contributed by atoms with Crippen LogP contribution in [0.2, 0.25) is 5.02 Å². The number of nitrogen functional groups attached to an aromatic ring is 1. The third kappa shape index (κ3) is 3.87. The summed E-state index contributed by atoms with van der Waals surface area (Å²) >= 11 is 6.09. The molecule has 0 unspecified atom stereocenters. The number of nitrogens with two attached hydrogens (primary N) is 1. The molecule has 0 aliphatic rings. The van der Waals surface area contributed by atoms with E-state index in [1.807, 2.05) is 38.1 Å². The van der Waals surface area contributed by atoms with E-state index in [4.69, 9.17) is 21.9 Å². The summed E-state index contributed by atoms with van der Waals surface area (Å²) in [5, 5.41) is 15.2. The Morgan fingerprint density at radius 2 is 1.97 bits per heavy atom. The second kappa shape index (κ2) is 7.96. The van der Waals surface area contributed by atoms with Crippen molar-refractivity contribution in [1.82, 2.24) is 25.1 Å². The van der Waals surface area contributed by atoms with Crippen LogP contribution < -0.4 is 11.1 Å². The van der Waals surface area contributed by atoms with Gasteiger partial charge in [-0.3, -0.25) is 4.79 Å². The zero-order valence-corrected chi connectivity index (χ0v) is 17.0. The number of hydrogen-bond donors (Lipinski definition) is 2. The summed E-state index contributed by atoms with van der Waals surface area (Å²) in [6.07, 6.45) is 0. The molecular formula is C20H18ClN7O2. The van der Waals surface area contributed by atoms with Crippen LogP contribution in [0.1, 0.15) is 11.1 Å². The van der Waals surface area contributed by atoms with E-state index in [1.54, 1.807) is 18.2 Å². The van der Waals surface area contributed by atoms with Crippen LogP contribution in [0.3, 0.4) is 0 Å². The molecule has 0 radical (unpaired) electrons. The molecule has 4 rings (SSSR count). The maximum Gasteiger partial charge on any atom is 0.282 e. The molecule has 2 aromatic heterocycles. The van der Waals surface area contributed by atoms with Gasteiger partial charge in [0.1, 0.15) is 6.54 Å². The molecule has 0 saturated carbocycles. The average molecular weight is 424 g/mol. The van der Waals surface area contributed by atoms with E-state index in [0.29, 0.717) is 16.5 Å². The Bertz CT molecular complexity index is 1210. The number of nitrogens with zero attached hydrogens (tertiary/aromatic N) is 5. The lowest BCUT2D eigenvalue weighted by atomic mass is 10.1. The molecular weight excluding hydrogens is 406 g/mol. The monoisotopic (exact) mass is 423 g/mol. The molecule has 4 aromatic rings. The van der Waals surface area contributed by atoms with Crippen molar-refractivity contribution in [2.24, 2.45) is 0 Å². The van der Waals surface area contributed by atoms with Crippen molar-refractivity contribution < 1.29 is 9.32 Å². The number of carbonyl (C=O) groups is 1. The summed E-state index contributed by atoms with van der Waals surface area (Å²) in [4.78, 5) is 16.7. The minimum Gasteiger partial charge on any atom is -0.382 e. The van der Waals surface area contributed by atoms with Gasteiger partial charge in [0.2, 0.25) is 11.7 Å². The van der Waals surface area contributed by atoms with Gasteiger partial charge in [0.15, 0.2) is 11.5 Å². The van der Waals surface area contributed by atoms with Crippen LogP contribution in [0.25, 0.3) is 23.0 Å². The Balaban J connectivity index is 1.51. The Morgan fingerprint density at radius 1 is 1.20 bits per heavy atom. The number of rotatable bonds is 5. The zero-order valence-electron chi connectivity index (χ0n) is 16.3. The molecule has 0 saturated heterocycles. The molecule has 30 heavy (non-hydrogen) atoms. The summed E-state index contributed by atoms with van der Waals surface area (Å²) < 4.78 is 6.55. The number of aromatic nitrogens is 5. The standard InChI is InChI=1S/C20H18ClN7O2/c1-11-6-8-13(9-7-11)19-24-20(30-26-19)17-18(22)28(27-25-17)10-16(29)23-15-5-3-4-14(21)12(15)2/h3-9H,10,22H2,1-2H3,(H,23,29). The SMILES string of the molecule is Cc1ccc(-c2noc(-c3nnn(CC(=O)Nc4cccc(Cl)c4C)c3N)n2)cc1. The van der Waals surface area contributed by atoms with Gasteiger partial charge in [-0.25, -0.2) is 4.68 Å². The first kappa shape index (κ1) is 19.6. The summed E-state index contributed by atoms with van der Waals surface area (Å²) in [6.45, 7) is 3.68. The molecule has 1 amide bonds. The van der Waals surface area contributed by atoms with E-state index in [1.165, 1.54) is 4.68 Å². The van der Waals surface area contributed by atoms with Gasteiger partial charge >= 0.3 is 0 Å². The molecule has 0 spiro atoms. The largest absolute Gasteiger partial charge is 0.382 e. The second-order valence-corrected chi connectivity index (χ2v) is 7.14. The quantitative estimate of drug-likeness (QED) is 0.503. The number of halogens is 1. The van der Waals surface area contributed by atoms with Gasteiger partial charge in [0, 0.05) is 16.3 Å². The number of aryl methyl sites for hydroxylation is 1. The van der Waals surface area contributed by atoms with Crippen molar-refractivity contribution >= 4 is 29.0 Å². The van der Waals surface area contributed by atoms with Crippen molar-refractivity contribution in [1.29, 1.82) is 0 Å². The Hall–Kier alpha value is -3.72. The Kier molecular flexibility index (Phi) is 5.20. The van der Waals surface area contributed by atoms with E-state index < -0.39 is 0 Å². The number of anilines is 2. The molecule has 0 fully saturated rings. The molecule has 0 bridgehead atoms. The van der Waals surface area contributed by atoms with E-state index in [9.17, 15) is 4.79 Å². The molecule has 2 aromatic carbocycles. The highest BCUT2D eigenvalue weighted by atomic mass is 35.5. The van der Waals surface area contributed by atoms with Gasteiger partial charge in [-0.15, -0.1) is 5.10 Å². The fourth-order valence-electron chi connectivity index (χ4n) is 2.80. The van der Waals surface area contributed by atoms with Crippen LogP contribution in [0.5, 0.6) is 0 Å². The summed E-state index contributed by atoms with van der Waals surface area (Å²) in [5.74, 6) is 0.356. The highest BCUT2D eigenvalue weighted by Crippen LogP contribution is 2.25. The number of hydrogen-bond acceptors (Lipinski definition) is 7. The maximum absolute atomic E-state index is 12.4. The van der Waals surface area contributed by atoms with Gasteiger partial charge in [-0.05, 0) is 31.5 Å². The van der Waals surface area contributed by atoms with Crippen molar-refractivity contribution in [3.8, 4) is 23.0 Å². The fourth-order valence-corrected chi connectivity index (χ4v) is 2.97. The minimum absolute atomic E-state index is 0.125. The van der Waals surface area contributed by atoms with E-state index in [-0.39, 0.29) is 29.9 Å². The average Bonchev–Trinajstić information content (AvgIpc) is 3.34. The molecule has 0 atom stereocenters. The van der Waals surface area contributed by atoms with Crippen LogP contribution in [0, 0.1) is 13.8 Å². The lowest BCUT2D eigenvalue weighted by Crippen LogP contribution is -2.21. The van der Waals surface area contributed by atoms with E-state index >= 15 is 0 Å². The van der Waals surface area contributed by atoms with Crippen LogP contribution in [0.15, 0.2) is 47.0 Å². The first-order valence-electron chi connectivity index (χ1n) is 9.07. The molecule has 2 heterocycles. The van der Waals surface area contributed by atoms with Crippen LogP contribution in [-0.2, 0) is 11.3 Å². The lowest BCUT2D eigenvalue weighted by molar-refractivity contribution is -0.116. The molecule has 9 nitrogen and oxygen atoms in total. The zero-order chi connectivity index (χ0) is 21.3. The van der Waals surface area contributed by atoms with Gasteiger partial charge < -0.3 is 15.6 Å². The third-order valence-corrected chi connectivity index (χ3v) is 4.96. The molecule has 152 valence electrons.